The molecule has 0 amide bonds. The Hall–Kier alpha value is -2.60. The molecule has 0 atom stereocenters. The van der Waals surface area contributed by atoms with Gasteiger partial charge in [0.15, 0.2) is 11.6 Å². The topological polar surface area (TPSA) is 83.0 Å². The lowest BCUT2D eigenvalue weighted by atomic mass is 10.2. The van der Waals surface area contributed by atoms with Crippen LogP contribution in [0.4, 0.5) is 0 Å². The third-order valence-electron chi connectivity index (χ3n) is 3.04. The Kier molecular flexibility index (Phi) is 2.22. The van der Waals surface area contributed by atoms with E-state index in [1.165, 1.54) is 4.52 Å². The first-order valence-electron chi connectivity index (χ1n) is 5.89. The highest BCUT2D eigenvalue weighted by Gasteiger charge is 2.12. The predicted molar refractivity (Wildman–Crippen MR) is 73.4 cm³/mol. The fourth-order valence-electron chi connectivity index (χ4n) is 2.16. The number of aromatic nitrogens is 4. The number of halogens is 1. The molecule has 6 nitrogen and oxygen atoms in total. The van der Waals surface area contributed by atoms with Crippen molar-refractivity contribution in [3.63, 3.8) is 0 Å². The highest BCUT2D eigenvalue weighted by molar-refractivity contribution is 6.31. The van der Waals surface area contributed by atoms with Crippen molar-refractivity contribution in [2.24, 2.45) is 0 Å². The van der Waals surface area contributed by atoms with Gasteiger partial charge < -0.3 is 9.40 Å². The molecule has 0 saturated carbocycles. The van der Waals surface area contributed by atoms with E-state index < -0.39 is 0 Å². The Balaban J connectivity index is 2.15. The fraction of sp³-hybridized carbons (Fsp3) is 0. The highest BCUT2D eigenvalue weighted by atomic mass is 35.5. The zero-order valence-electron chi connectivity index (χ0n) is 10.1. The monoisotopic (exact) mass is 285 g/mol. The smallest absolute Gasteiger partial charge is 0.245 e. The number of furan rings is 1. The van der Waals surface area contributed by atoms with E-state index in [-0.39, 0.29) is 5.62 Å². The third kappa shape index (κ3) is 1.55. The first-order chi connectivity index (χ1) is 9.72. The summed E-state index contributed by atoms with van der Waals surface area (Å²) < 4.78 is 6.74. The number of benzene rings is 1. The molecule has 1 aromatic carbocycles. The molecule has 0 saturated heterocycles. The van der Waals surface area contributed by atoms with E-state index in [1.807, 2.05) is 0 Å². The van der Waals surface area contributed by atoms with E-state index >= 15 is 0 Å². The van der Waals surface area contributed by atoms with Gasteiger partial charge >= 0.3 is 0 Å². The molecule has 4 aromatic rings. The Bertz CT molecular complexity index is 983. The molecule has 98 valence electrons. The molecular formula is C13H8ClN5O. The molecule has 0 aliphatic rings. The van der Waals surface area contributed by atoms with Crippen molar-refractivity contribution in [3.05, 3.63) is 47.2 Å². The minimum absolute atomic E-state index is 0.0453. The van der Waals surface area contributed by atoms with Crippen molar-refractivity contribution in [3.8, 4) is 11.6 Å². The Morgan fingerprint density at radius 2 is 2.20 bits per heavy atom. The van der Waals surface area contributed by atoms with Crippen LogP contribution < -0.4 is 5.62 Å². The number of hydrogen-bond acceptors (Lipinski definition) is 4. The standard InChI is InChI=1S/C13H8ClN5O/c14-7-3-4-9-8(6-7)12-17-11(10-2-1-5-20-10)18-19(12)13(15)16-9/h1-6,15H,(H,17,18). The van der Waals surface area contributed by atoms with Crippen LogP contribution in [0.2, 0.25) is 5.02 Å². The van der Waals surface area contributed by atoms with Crippen molar-refractivity contribution in [1.29, 1.82) is 5.41 Å². The molecule has 0 unspecified atom stereocenters. The van der Waals surface area contributed by atoms with Gasteiger partial charge in [0, 0.05) is 10.4 Å². The van der Waals surface area contributed by atoms with Crippen LogP contribution in [0.15, 0.2) is 41.0 Å². The van der Waals surface area contributed by atoms with E-state index in [4.69, 9.17) is 21.4 Å². The van der Waals surface area contributed by atoms with E-state index in [9.17, 15) is 0 Å². The molecule has 0 radical (unpaired) electrons. The maximum atomic E-state index is 7.94. The van der Waals surface area contributed by atoms with E-state index in [2.05, 4.69) is 15.1 Å². The summed E-state index contributed by atoms with van der Waals surface area (Å²) in [6, 6.07) is 8.90. The van der Waals surface area contributed by atoms with Gasteiger partial charge in [-0.25, -0.2) is 4.98 Å². The van der Waals surface area contributed by atoms with Crippen LogP contribution in [0, 0.1) is 5.41 Å². The van der Waals surface area contributed by atoms with E-state index in [0.29, 0.717) is 27.8 Å². The van der Waals surface area contributed by atoms with Crippen LogP contribution in [0.3, 0.4) is 0 Å². The maximum absolute atomic E-state index is 7.94. The van der Waals surface area contributed by atoms with Crippen molar-refractivity contribution in [2.45, 2.75) is 0 Å². The second-order valence-corrected chi connectivity index (χ2v) is 4.74. The zero-order chi connectivity index (χ0) is 13.7. The Morgan fingerprint density at radius 3 is 3.00 bits per heavy atom. The number of fused-ring (bicyclic) bond motifs is 3. The van der Waals surface area contributed by atoms with Crippen molar-refractivity contribution in [1.82, 2.24) is 19.6 Å². The van der Waals surface area contributed by atoms with E-state index in [1.54, 1.807) is 36.6 Å². The van der Waals surface area contributed by atoms with Crippen LogP contribution in [-0.4, -0.2) is 19.6 Å². The highest BCUT2D eigenvalue weighted by Crippen LogP contribution is 2.22. The molecule has 4 rings (SSSR count). The van der Waals surface area contributed by atoms with Gasteiger partial charge in [0.2, 0.25) is 5.62 Å². The van der Waals surface area contributed by atoms with Crippen molar-refractivity contribution >= 4 is 28.2 Å². The van der Waals surface area contributed by atoms with Crippen LogP contribution >= 0.6 is 11.6 Å². The summed E-state index contributed by atoms with van der Waals surface area (Å²) in [6.45, 7) is 0. The number of nitrogens with one attached hydrogen (secondary N) is 2. The summed E-state index contributed by atoms with van der Waals surface area (Å²) in [4.78, 5) is 7.35. The maximum Gasteiger partial charge on any atom is 0.245 e. The second kappa shape index (κ2) is 3.94. The summed E-state index contributed by atoms with van der Waals surface area (Å²) in [5.41, 5.74) is 1.40. The van der Waals surface area contributed by atoms with Gasteiger partial charge in [-0.3, -0.25) is 5.41 Å². The molecular weight excluding hydrogens is 278 g/mol. The van der Waals surface area contributed by atoms with Gasteiger partial charge in [-0.05, 0) is 30.3 Å². The lowest BCUT2D eigenvalue weighted by molar-refractivity contribution is 0.577. The number of rotatable bonds is 1. The van der Waals surface area contributed by atoms with Crippen LogP contribution in [0.25, 0.3) is 28.1 Å². The van der Waals surface area contributed by atoms with Crippen molar-refractivity contribution < 1.29 is 4.42 Å². The lowest BCUT2D eigenvalue weighted by Crippen LogP contribution is -2.17. The van der Waals surface area contributed by atoms with Crippen LogP contribution in [0.5, 0.6) is 0 Å². The summed E-state index contributed by atoms with van der Waals surface area (Å²) in [5.74, 6) is 1.14. The number of nitrogens with zero attached hydrogens (tertiary/aromatic N) is 3. The fourth-order valence-corrected chi connectivity index (χ4v) is 2.33. The van der Waals surface area contributed by atoms with Crippen molar-refractivity contribution in [2.75, 3.05) is 0 Å². The molecule has 0 spiro atoms. The molecule has 0 bridgehead atoms. The minimum Gasteiger partial charge on any atom is -0.461 e. The van der Waals surface area contributed by atoms with Crippen LogP contribution in [0.1, 0.15) is 0 Å². The van der Waals surface area contributed by atoms with E-state index in [0.717, 1.165) is 5.39 Å². The summed E-state index contributed by atoms with van der Waals surface area (Å²) in [5, 5.41) is 13.7. The molecule has 7 heteroatoms. The normalized spacial score (nSPS) is 11.4. The van der Waals surface area contributed by atoms with Gasteiger partial charge in [-0.2, -0.15) is 4.52 Å². The number of hydrogen-bond donors (Lipinski definition) is 2. The summed E-state index contributed by atoms with van der Waals surface area (Å²) in [6.07, 6.45) is 1.57. The molecule has 20 heavy (non-hydrogen) atoms. The first kappa shape index (κ1) is 11.2. The first-order valence-corrected chi connectivity index (χ1v) is 6.27. The van der Waals surface area contributed by atoms with Gasteiger partial charge in [0.25, 0.3) is 0 Å². The number of aromatic amines is 1. The second-order valence-electron chi connectivity index (χ2n) is 4.31. The Morgan fingerprint density at radius 1 is 1.30 bits per heavy atom. The molecule has 0 aliphatic carbocycles. The van der Waals surface area contributed by atoms with Gasteiger partial charge in [-0.15, -0.1) is 5.10 Å². The molecule has 0 fully saturated rings. The average Bonchev–Trinajstić information content (AvgIpc) is 3.08. The SMILES string of the molecule is N=c1nc2ccc(Cl)cc2c2[nH]c(-c3ccco3)nn12. The lowest BCUT2D eigenvalue weighted by Gasteiger charge is -1.99. The molecule has 2 N–H and O–H groups in total. The molecule has 3 aromatic heterocycles. The molecule has 3 heterocycles. The van der Waals surface area contributed by atoms with Gasteiger partial charge in [0.1, 0.15) is 5.65 Å². The average molecular weight is 286 g/mol. The molecule has 0 aliphatic heterocycles. The Labute approximate surface area is 117 Å². The third-order valence-corrected chi connectivity index (χ3v) is 3.28. The largest absolute Gasteiger partial charge is 0.461 e. The summed E-state index contributed by atoms with van der Waals surface area (Å²) >= 11 is 6.03. The zero-order valence-corrected chi connectivity index (χ0v) is 10.8. The quantitative estimate of drug-likeness (QED) is 0.564. The van der Waals surface area contributed by atoms with Gasteiger partial charge in [-0.1, -0.05) is 11.6 Å². The van der Waals surface area contributed by atoms with Crippen LogP contribution in [-0.2, 0) is 0 Å². The predicted octanol–water partition coefficient (Wildman–Crippen LogP) is 2.60. The number of H-pyrrole nitrogens is 1. The van der Waals surface area contributed by atoms with Gasteiger partial charge in [0.05, 0.1) is 11.8 Å². The summed E-state index contributed by atoms with van der Waals surface area (Å²) in [7, 11) is 0. The minimum atomic E-state index is 0.0453.